The number of methoxy groups -OCH3 is 1. The van der Waals surface area contributed by atoms with Crippen molar-refractivity contribution in [1.29, 1.82) is 0 Å². The molecule has 0 saturated carbocycles. The summed E-state index contributed by atoms with van der Waals surface area (Å²) in [7, 11) is 1.35. The third-order valence-corrected chi connectivity index (χ3v) is 5.88. The van der Waals surface area contributed by atoms with Gasteiger partial charge in [-0.1, -0.05) is 56.7 Å². The first-order valence-electron chi connectivity index (χ1n) is 13.3. The van der Waals surface area contributed by atoms with E-state index in [0.717, 1.165) is 27.6 Å². The lowest BCUT2D eigenvalue weighted by Gasteiger charge is -2.39. The van der Waals surface area contributed by atoms with Crippen LogP contribution >= 0.6 is 0 Å². The first-order chi connectivity index (χ1) is 19.6. The lowest BCUT2D eigenvalue weighted by molar-refractivity contribution is -0.232. The van der Waals surface area contributed by atoms with Gasteiger partial charge in [0.05, 0.1) is 13.7 Å². The molecule has 1 saturated heterocycles. The van der Waals surface area contributed by atoms with Gasteiger partial charge in [-0.15, -0.1) is 0 Å². The number of para-hydroxylation sites is 2. The van der Waals surface area contributed by atoms with Crippen molar-refractivity contribution in [2.75, 3.05) is 19.0 Å². The Morgan fingerprint density at radius 2 is 1.39 bits per heavy atom. The molecule has 1 aliphatic heterocycles. The molecule has 2 aromatic heterocycles. The van der Waals surface area contributed by atoms with Gasteiger partial charge >= 0.3 is 5.97 Å². The van der Waals surface area contributed by atoms with Crippen molar-refractivity contribution in [2.24, 2.45) is 0 Å². The van der Waals surface area contributed by atoms with Crippen molar-refractivity contribution in [2.45, 2.75) is 64.6 Å². The van der Waals surface area contributed by atoms with Gasteiger partial charge in [0.1, 0.15) is 36.3 Å². The van der Waals surface area contributed by atoms with Crippen LogP contribution in [0, 0.1) is 0 Å². The number of amides is 1. The third-order valence-electron chi connectivity index (χ3n) is 5.88. The molecule has 41 heavy (non-hydrogen) atoms. The van der Waals surface area contributed by atoms with Crippen LogP contribution in [0.3, 0.4) is 0 Å². The van der Waals surface area contributed by atoms with Crippen LogP contribution in [0.2, 0.25) is 0 Å². The Morgan fingerprint density at radius 3 is 1.85 bits per heavy atom. The number of aromatic amines is 2. The lowest BCUT2D eigenvalue weighted by Crippen LogP contribution is -2.55. The number of benzene rings is 2. The van der Waals surface area contributed by atoms with Crippen LogP contribution in [0.15, 0.2) is 60.7 Å². The summed E-state index contributed by atoms with van der Waals surface area (Å²) < 4.78 is 9.62. The fourth-order valence-electron chi connectivity index (χ4n) is 3.94. The molecular formula is C30H41N3O8. The second-order valence-corrected chi connectivity index (χ2v) is 9.42. The number of carbonyl (C=O) groups excluding carboxylic acids is 2. The molecule has 1 amide bonds. The summed E-state index contributed by atoms with van der Waals surface area (Å²) >= 11 is 0. The van der Waals surface area contributed by atoms with Gasteiger partial charge in [0, 0.05) is 36.0 Å². The van der Waals surface area contributed by atoms with Crippen molar-refractivity contribution in [1.82, 2.24) is 9.97 Å². The molecule has 11 nitrogen and oxygen atoms in total. The zero-order valence-electron chi connectivity index (χ0n) is 24.0. The quantitative estimate of drug-likeness (QED) is 0.183. The number of aliphatic hydroxyl groups excluding tert-OH is 4. The summed E-state index contributed by atoms with van der Waals surface area (Å²) in [6.45, 7) is 6.67. The Bertz CT molecular complexity index is 1300. The number of fused-ring (bicyclic) bond motifs is 2. The zero-order valence-corrected chi connectivity index (χ0v) is 24.0. The predicted molar refractivity (Wildman–Crippen MR) is 157 cm³/mol. The number of rotatable bonds is 3. The van der Waals surface area contributed by atoms with Gasteiger partial charge in [0.15, 0.2) is 0 Å². The van der Waals surface area contributed by atoms with Gasteiger partial charge in [-0.05, 0) is 29.7 Å². The van der Waals surface area contributed by atoms with E-state index in [2.05, 4.69) is 33.9 Å². The summed E-state index contributed by atoms with van der Waals surface area (Å²) in [5, 5.41) is 43.6. The van der Waals surface area contributed by atoms with Crippen LogP contribution in [-0.2, 0) is 19.1 Å². The van der Waals surface area contributed by atoms with Crippen molar-refractivity contribution in [3.63, 3.8) is 0 Å². The molecule has 1 unspecified atom stereocenters. The van der Waals surface area contributed by atoms with E-state index in [-0.39, 0.29) is 11.9 Å². The van der Waals surface area contributed by atoms with Crippen molar-refractivity contribution in [3.05, 3.63) is 66.4 Å². The van der Waals surface area contributed by atoms with Crippen molar-refractivity contribution < 1.29 is 39.5 Å². The molecule has 11 heteroatoms. The van der Waals surface area contributed by atoms with Gasteiger partial charge in [-0.25, -0.2) is 0 Å². The normalized spacial score (nSPS) is 21.3. The Labute approximate surface area is 239 Å². The first kappa shape index (κ1) is 33.5. The van der Waals surface area contributed by atoms with Crippen LogP contribution in [0.4, 0.5) is 5.82 Å². The maximum Gasteiger partial charge on any atom is 0.302 e. The maximum atomic E-state index is 10.8. The number of anilines is 1. The number of nitrogens with one attached hydrogen (secondary N) is 3. The number of hydrogen-bond acceptors (Lipinski definition) is 8. The second-order valence-electron chi connectivity index (χ2n) is 9.42. The second kappa shape index (κ2) is 16.5. The molecule has 2 aromatic carbocycles. The minimum absolute atomic E-state index is 0.0634. The predicted octanol–water partition coefficient (Wildman–Crippen LogP) is 3.40. The van der Waals surface area contributed by atoms with Crippen LogP contribution in [0.1, 0.15) is 45.9 Å². The summed E-state index contributed by atoms with van der Waals surface area (Å²) in [5.74, 6) is 0.435. The largest absolute Gasteiger partial charge is 0.469 e. The molecule has 4 aromatic rings. The summed E-state index contributed by atoms with van der Waals surface area (Å²) in [4.78, 5) is 26.6. The van der Waals surface area contributed by atoms with Gasteiger partial charge in [-0.3, -0.25) is 9.59 Å². The highest BCUT2D eigenvalue weighted by atomic mass is 16.5. The average Bonchev–Trinajstić information content (AvgIpc) is 3.56. The van der Waals surface area contributed by atoms with Crippen LogP contribution in [0.5, 0.6) is 0 Å². The van der Waals surface area contributed by atoms with E-state index < -0.39 is 37.1 Å². The van der Waals surface area contributed by atoms with Gasteiger partial charge < -0.3 is 45.2 Å². The van der Waals surface area contributed by atoms with E-state index in [0.29, 0.717) is 5.69 Å². The number of esters is 1. The number of hydrogen-bond donors (Lipinski definition) is 7. The fourth-order valence-corrected chi connectivity index (χ4v) is 3.94. The van der Waals surface area contributed by atoms with Crippen LogP contribution < -0.4 is 5.32 Å². The van der Waals surface area contributed by atoms with Crippen molar-refractivity contribution >= 4 is 39.5 Å². The minimum Gasteiger partial charge on any atom is -0.469 e. The van der Waals surface area contributed by atoms with E-state index in [1.54, 1.807) is 0 Å². The van der Waals surface area contributed by atoms with Crippen LogP contribution in [-0.4, -0.2) is 80.4 Å². The summed E-state index contributed by atoms with van der Waals surface area (Å²) in [6, 6.07) is 19.2. The van der Waals surface area contributed by atoms with E-state index in [1.807, 2.05) is 60.7 Å². The number of aliphatic hydroxyl groups is 4. The summed E-state index contributed by atoms with van der Waals surface area (Å²) in [6.07, 6.45) is -4.43. The first-order valence-corrected chi connectivity index (χ1v) is 13.3. The third kappa shape index (κ3) is 9.69. The molecule has 1 fully saturated rings. The lowest BCUT2D eigenvalue weighted by atomic mass is 9.93. The highest BCUT2D eigenvalue weighted by molar-refractivity contribution is 5.92. The molecule has 0 radical (unpaired) electrons. The van der Waals surface area contributed by atoms with E-state index in [4.69, 9.17) is 4.74 Å². The monoisotopic (exact) mass is 571 g/mol. The van der Waals surface area contributed by atoms with Gasteiger partial charge in [0.2, 0.25) is 5.91 Å². The maximum absolute atomic E-state index is 10.8. The Kier molecular flexibility index (Phi) is 13.5. The molecule has 0 aliphatic carbocycles. The molecule has 5 rings (SSSR count). The molecule has 224 valence electrons. The number of ether oxygens (including phenoxy) is 2. The van der Waals surface area contributed by atoms with Gasteiger partial charge in [0.25, 0.3) is 0 Å². The Balaban J connectivity index is 0.000000240. The summed E-state index contributed by atoms with van der Waals surface area (Å²) in [5.41, 5.74) is 2.52. The molecule has 0 bridgehead atoms. The zero-order chi connectivity index (χ0) is 30.5. The molecule has 1 aliphatic rings. The van der Waals surface area contributed by atoms with E-state index in [9.17, 15) is 30.0 Å². The number of aromatic nitrogens is 2. The average molecular weight is 572 g/mol. The molecular weight excluding hydrogens is 530 g/mol. The molecule has 5 atom stereocenters. The van der Waals surface area contributed by atoms with E-state index in [1.165, 1.54) is 27.4 Å². The topological polar surface area (TPSA) is 177 Å². The standard InChI is InChI=1S/C14H17NO5.C10H10N2O.C3H6O2.C3H8/c16-6-10-11(17)12(18)13(19)14(20-10)9-5-7-3-1-2-4-8(7)15-9;1-7(13)11-10-6-8-4-2-3-5-9(8)12-10;1-3(4)5-2;1-3-2/h1-5,10-19H,6H2;2-6,12H,1H3,(H,11,13);1-2H3;3H2,1-2H3/t10-,11-,12+,13-,14?;;;/m1.../s1. The smallest absolute Gasteiger partial charge is 0.302 e. The highest BCUT2D eigenvalue weighted by Crippen LogP contribution is 2.33. The van der Waals surface area contributed by atoms with E-state index >= 15 is 0 Å². The number of H-pyrrole nitrogens is 2. The molecule has 0 spiro atoms. The SMILES string of the molecule is CC(=O)Nc1cc2ccccc2[nH]1.CCC.COC(C)=O.OC[C@H]1OC(c2cc3ccccc3[nH]2)[C@H](O)[C@@H](O)[C@@H]1O. The Hall–Kier alpha value is -3.74. The fraction of sp³-hybridized carbons (Fsp3) is 0.400. The molecule has 3 heterocycles. The highest BCUT2D eigenvalue weighted by Gasteiger charge is 2.44. The minimum atomic E-state index is -1.36. The Morgan fingerprint density at radius 1 is 0.878 bits per heavy atom. The number of carbonyl (C=O) groups is 2. The van der Waals surface area contributed by atoms with Crippen LogP contribution in [0.25, 0.3) is 21.8 Å². The van der Waals surface area contributed by atoms with Gasteiger partial charge in [-0.2, -0.15) is 0 Å². The van der Waals surface area contributed by atoms with Crippen molar-refractivity contribution in [3.8, 4) is 0 Å². The molecule has 7 N–H and O–H groups in total.